The molecule has 0 aromatic rings. The molecule has 0 aromatic heterocycles. The number of phosphoric acid groups is 1. The highest BCUT2D eigenvalue weighted by Crippen LogP contribution is 2.43. The summed E-state index contributed by atoms with van der Waals surface area (Å²) in [6, 6.07) is -1.53. The number of carboxylic acid groups (broad SMARTS) is 1. The van der Waals surface area contributed by atoms with Crippen LogP contribution in [0.1, 0.15) is 174 Å². The molecule has 0 rings (SSSR count). The average Bonchev–Trinajstić information content (AvgIpc) is 3.04. The van der Waals surface area contributed by atoms with E-state index < -0.39 is 57.6 Å². The third-order valence-electron chi connectivity index (χ3n) is 8.15. The van der Waals surface area contributed by atoms with Gasteiger partial charge in [0.2, 0.25) is 5.91 Å². The summed E-state index contributed by atoms with van der Waals surface area (Å²) in [6.45, 7) is 2.42. The Balaban J connectivity index is 3.76. The Morgan fingerprint density at radius 1 is 0.596 bits per heavy atom. The lowest BCUT2D eigenvalue weighted by molar-refractivity contribution is -0.147. The average molecular weight is 694 g/mol. The lowest BCUT2D eigenvalue weighted by Crippen LogP contribution is -2.43. The van der Waals surface area contributed by atoms with Crippen molar-refractivity contribution in [2.45, 2.75) is 187 Å². The first-order chi connectivity index (χ1) is 22.6. The highest BCUT2D eigenvalue weighted by atomic mass is 31.2. The van der Waals surface area contributed by atoms with Crippen LogP contribution in [0.5, 0.6) is 0 Å². The van der Waals surface area contributed by atoms with Gasteiger partial charge in [0.1, 0.15) is 12.7 Å². The maximum absolute atomic E-state index is 12.1. The van der Waals surface area contributed by atoms with Crippen molar-refractivity contribution in [2.24, 2.45) is 0 Å². The van der Waals surface area contributed by atoms with Gasteiger partial charge in [-0.3, -0.25) is 18.6 Å². The fraction of sp³-hybridized carbons (Fsp3) is 0.914. The molecule has 0 aliphatic rings. The number of rotatable bonds is 35. The van der Waals surface area contributed by atoms with Gasteiger partial charge in [0.15, 0.2) is 6.04 Å². The van der Waals surface area contributed by atoms with Crippen LogP contribution in [0.4, 0.5) is 0 Å². The second-order valence-electron chi connectivity index (χ2n) is 12.8. The molecule has 0 fully saturated rings. The van der Waals surface area contributed by atoms with E-state index in [9.17, 15) is 34.1 Å². The predicted octanol–water partition coefficient (Wildman–Crippen LogP) is 8.39. The van der Waals surface area contributed by atoms with Gasteiger partial charge in [0, 0.05) is 12.8 Å². The molecule has 4 N–H and O–H groups in total. The molecule has 0 saturated carbocycles. The summed E-state index contributed by atoms with van der Waals surface area (Å²) in [6.07, 6.45) is 26.6. The van der Waals surface area contributed by atoms with Crippen LogP contribution >= 0.6 is 7.82 Å². The molecule has 1 amide bonds. The number of carbonyl (C=O) groups is 3. The van der Waals surface area contributed by atoms with Gasteiger partial charge in [-0.1, -0.05) is 149 Å². The summed E-state index contributed by atoms with van der Waals surface area (Å²) >= 11 is 0. The predicted molar refractivity (Wildman–Crippen MR) is 185 cm³/mol. The molecule has 0 heterocycles. The number of phosphoric ester groups is 1. The molecule has 0 aliphatic heterocycles. The molecule has 0 spiro atoms. The van der Waals surface area contributed by atoms with Crippen LogP contribution in [0.25, 0.3) is 0 Å². The molecular weight excluding hydrogens is 625 g/mol. The standard InChI is InChI=1S/C35H68NO10P/c1-3-5-7-9-10-11-12-13-14-15-16-17-18-19-20-21-22-23-25-27-34(39)44-28-31(37)29-45-47(42,43)46-30-32(35(40)41)36-33(38)26-24-8-6-4-2/h31-32,37H,3-30H2,1-2H3,(H,36,38)(H,40,41)(H,42,43). The van der Waals surface area contributed by atoms with E-state index in [1.54, 1.807) is 0 Å². The monoisotopic (exact) mass is 693 g/mol. The summed E-state index contributed by atoms with van der Waals surface area (Å²) in [7, 11) is -4.73. The SMILES string of the molecule is CCCCCCCCCCCCCCCCCCCCCC(=O)OCC(O)COP(=O)(O)OCC(NC(=O)CCCCCC)C(=O)O. The van der Waals surface area contributed by atoms with Gasteiger partial charge in [0.05, 0.1) is 13.2 Å². The molecule has 278 valence electrons. The lowest BCUT2D eigenvalue weighted by Gasteiger charge is -2.18. The molecule has 0 saturated heterocycles. The van der Waals surface area contributed by atoms with Crippen LogP contribution < -0.4 is 5.32 Å². The van der Waals surface area contributed by atoms with Crippen LogP contribution in [0, 0.1) is 0 Å². The summed E-state index contributed by atoms with van der Waals surface area (Å²) < 4.78 is 26.5. The number of carbonyl (C=O) groups excluding carboxylic acids is 2. The number of hydrogen-bond donors (Lipinski definition) is 4. The maximum Gasteiger partial charge on any atom is 0.472 e. The van der Waals surface area contributed by atoms with E-state index in [0.29, 0.717) is 12.8 Å². The fourth-order valence-corrected chi connectivity index (χ4v) is 5.97. The van der Waals surface area contributed by atoms with Gasteiger partial charge in [-0.2, -0.15) is 0 Å². The summed E-state index contributed by atoms with van der Waals surface area (Å²) in [4.78, 5) is 45.1. The molecule has 12 heteroatoms. The first-order valence-corrected chi connectivity index (χ1v) is 20.1. The second kappa shape index (κ2) is 31.7. The minimum atomic E-state index is -4.73. The minimum Gasteiger partial charge on any atom is -0.480 e. The number of hydrogen-bond acceptors (Lipinski definition) is 8. The van der Waals surface area contributed by atoms with Crippen molar-refractivity contribution in [3.05, 3.63) is 0 Å². The number of nitrogens with one attached hydrogen (secondary N) is 1. The van der Waals surface area contributed by atoms with Crippen LogP contribution in [0.2, 0.25) is 0 Å². The van der Waals surface area contributed by atoms with Gasteiger partial charge in [-0.15, -0.1) is 0 Å². The van der Waals surface area contributed by atoms with Crippen LogP contribution in [0.3, 0.4) is 0 Å². The quantitative estimate of drug-likeness (QED) is 0.0287. The number of aliphatic hydroxyl groups excluding tert-OH is 1. The van der Waals surface area contributed by atoms with Gasteiger partial charge in [-0.25, -0.2) is 9.36 Å². The Hall–Kier alpha value is -1.52. The maximum atomic E-state index is 12.1. The largest absolute Gasteiger partial charge is 0.480 e. The Kier molecular flexibility index (Phi) is 30.7. The van der Waals surface area contributed by atoms with Gasteiger partial charge in [-0.05, 0) is 12.8 Å². The van der Waals surface area contributed by atoms with Gasteiger partial charge in [0.25, 0.3) is 0 Å². The van der Waals surface area contributed by atoms with Crippen molar-refractivity contribution in [1.82, 2.24) is 5.32 Å². The third kappa shape index (κ3) is 31.5. The van der Waals surface area contributed by atoms with Crippen LogP contribution in [-0.4, -0.2) is 64.9 Å². The highest BCUT2D eigenvalue weighted by Gasteiger charge is 2.28. The summed E-state index contributed by atoms with van der Waals surface area (Å²) in [5.74, 6) is -2.39. The number of unbranched alkanes of at least 4 members (excludes halogenated alkanes) is 21. The van der Waals surface area contributed by atoms with Gasteiger partial charge < -0.3 is 25.2 Å². The molecule has 3 unspecified atom stereocenters. The second-order valence-corrected chi connectivity index (χ2v) is 14.2. The van der Waals surface area contributed by atoms with E-state index >= 15 is 0 Å². The Morgan fingerprint density at radius 2 is 0.979 bits per heavy atom. The number of ether oxygens (including phenoxy) is 1. The molecular formula is C35H68NO10P. The molecule has 3 atom stereocenters. The van der Waals surface area contributed by atoms with Crippen LogP contribution in [0.15, 0.2) is 0 Å². The number of aliphatic carboxylic acids is 1. The Morgan fingerprint density at radius 3 is 1.43 bits per heavy atom. The minimum absolute atomic E-state index is 0.140. The molecule has 47 heavy (non-hydrogen) atoms. The van der Waals surface area contributed by atoms with E-state index in [0.717, 1.165) is 38.5 Å². The molecule has 0 aliphatic carbocycles. The first kappa shape index (κ1) is 45.5. The van der Waals surface area contributed by atoms with Crippen molar-refractivity contribution in [1.29, 1.82) is 0 Å². The zero-order chi connectivity index (χ0) is 35.0. The van der Waals surface area contributed by atoms with E-state index in [-0.39, 0.29) is 12.8 Å². The summed E-state index contributed by atoms with van der Waals surface area (Å²) in [5, 5.41) is 21.5. The topological polar surface area (TPSA) is 169 Å². The van der Waals surface area contributed by atoms with E-state index in [1.807, 2.05) is 6.92 Å². The van der Waals surface area contributed by atoms with Crippen molar-refractivity contribution >= 4 is 25.7 Å². The third-order valence-corrected chi connectivity index (χ3v) is 9.10. The molecule has 0 radical (unpaired) electrons. The zero-order valence-electron chi connectivity index (χ0n) is 29.6. The number of aliphatic hydroxyl groups is 1. The van der Waals surface area contributed by atoms with E-state index in [1.165, 1.54) is 96.3 Å². The first-order valence-electron chi connectivity index (χ1n) is 18.6. The zero-order valence-corrected chi connectivity index (χ0v) is 30.5. The van der Waals surface area contributed by atoms with Crippen molar-refractivity contribution in [3.8, 4) is 0 Å². The van der Waals surface area contributed by atoms with Crippen LogP contribution in [-0.2, 0) is 32.7 Å². The van der Waals surface area contributed by atoms with Crippen molar-refractivity contribution in [2.75, 3.05) is 19.8 Å². The molecule has 0 aromatic carbocycles. The van der Waals surface area contributed by atoms with E-state index in [2.05, 4.69) is 12.2 Å². The van der Waals surface area contributed by atoms with Gasteiger partial charge >= 0.3 is 19.8 Å². The fourth-order valence-electron chi connectivity index (χ4n) is 5.20. The number of carboxylic acids is 1. The normalized spacial score (nSPS) is 14.0. The highest BCUT2D eigenvalue weighted by molar-refractivity contribution is 7.47. The smallest absolute Gasteiger partial charge is 0.472 e. The Bertz CT molecular complexity index is 828. The Labute approximate surface area is 284 Å². The van der Waals surface area contributed by atoms with Crippen molar-refractivity contribution < 1.29 is 47.8 Å². The number of esters is 1. The van der Waals surface area contributed by atoms with E-state index in [4.69, 9.17) is 13.8 Å². The summed E-state index contributed by atoms with van der Waals surface area (Å²) in [5.41, 5.74) is 0. The number of amides is 1. The lowest BCUT2D eigenvalue weighted by atomic mass is 10.0. The molecule has 11 nitrogen and oxygen atoms in total. The van der Waals surface area contributed by atoms with Crippen molar-refractivity contribution in [3.63, 3.8) is 0 Å². The molecule has 0 bridgehead atoms.